The second-order valence-corrected chi connectivity index (χ2v) is 6.74. The summed E-state index contributed by atoms with van der Waals surface area (Å²) in [5, 5.41) is 6.57. The number of unbranched alkanes of at least 4 members (excludes halogenated alkanes) is 1. The zero-order valence-corrected chi connectivity index (χ0v) is 19.2. The van der Waals surface area contributed by atoms with Crippen LogP contribution in [-0.2, 0) is 6.54 Å². The zero-order chi connectivity index (χ0) is 19.8. The molecule has 0 radical (unpaired) electrons. The SMILES string of the molecule is CN=C(NCCCCn1c(C)cccc1=O)NCC1COc2ccccc2O1.I. The van der Waals surface area contributed by atoms with E-state index >= 15 is 0 Å². The zero-order valence-electron chi connectivity index (χ0n) is 16.9. The monoisotopic (exact) mass is 512 g/mol. The van der Waals surface area contributed by atoms with Crippen molar-refractivity contribution >= 4 is 29.9 Å². The van der Waals surface area contributed by atoms with Crippen molar-refractivity contribution < 1.29 is 9.47 Å². The number of aliphatic imine (C=N–C) groups is 1. The van der Waals surface area contributed by atoms with E-state index in [1.165, 1.54) is 0 Å². The first-order chi connectivity index (χ1) is 13.7. The van der Waals surface area contributed by atoms with Crippen molar-refractivity contribution in [2.24, 2.45) is 4.99 Å². The Morgan fingerprint density at radius 3 is 2.69 bits per heavy atom. The summed E-state index contributed by atoms with van der Waals surface area (Å²) in [5.41, 5.74) is 1.05. The van der Waals surface area contributed by atoms with Crippen LogP contribution in [0.4, 0.5) is 0 Å². The Morgan fingerprint density at radius 2 is 1.93 bits per heavy atom. The van der Waals surface area contributed by atoms with Crippen LogP contribution in [0.2, 0.25) is 0 Å². The maximum absolute atomic E-state index is 11.9. The number of aromatic nitrogens is 1. The van der Waals surface area contributed by atoms with Gasteiger partial charge in [-0.15, -0.1) is 24.0 Å². The van der Waals surface area contributed by atoms with Crippen LogP contribution in [0.25, 0.3) is 0 Å². The summed E-state index contributed by atoms with van der Waals surface area (Å²) < 4.78 is 13.5. The lowest BCUT2D eigenvalue weighted by molar-refractivity contribution is 0.0936. The predicted octanol–water partition coefficient (Wildman–Crippen LogP) is 2.56. The molecule has 158 valence electrons. The molecule has 0 saturated heterocycles. The first-order valence-corrected chi connectivity index (χ1v) is 9.67. The molecule has 0 fully saturated rings. The molecule has 1 unspecified atom stereocenters. The molecule has 7 nitrogen and oxygen atoms in total. The smallest absolute Gasteiger partial charge is 0.250 e. The second kappa shape index (κ2) is 11.7. The van der Waals surface area contributed by atoms with Crippen LogP contribution in [0.15, 0.2) is 52.3 Å². The molecule has 0 saturated carbocycles. The Kier molecular flexibility index (Phi) is 9.30. The second-order valence-electron chi connectivity index (χ2n) is 6.74. The van der Waals surface area contributed by atoms with E-state index in [4.69, 9.17) is 9.47 Å². The number of hydrogen-bond donors (Lipinski definition) is 2. The van der Waals surface area contributed by atoms with E-state index in [-0.39, 0.29) is 35.6 Å². The van der Waals surface area contributed by atoms with Gasteiger partial charge in [-0.1, -0.05) is 18.2 Å². The Morgan fingerprint density at radius 1 is 1.14 bits per heavy atom. The van der Waals surface area contributed by atoms with Gasteiger partial charge in [-0.25, -0.2) is 0 Å². The number of halogens is 1. The Bertz CT molecular complexity index is 869. The summed E-state index contributed by atoms with van der Waals surface area (Å²) in [5.74, 6) is 2.29. The highest BCUT2D eigenvalue weighted by atomic mass is 127. The first-order valence-electron chi connectivity index (χ1n) is 9.67. The molecule has 8 heteroatoms. The van der Waals surface area contributed by atoms with Crippen LogP contribution in [-0.4, -0.2) is 43.4 Å². The van der Waals surface area contributed by atoms with Crippen LogP contribution in [0.3, 0.4) is 0 Å². The summed E-state index contributed by atoms with van der Waals surface area (Å²) >= 11 is 0. The van der Waals surface area contributed by atoms with Crippen LogP contribution in [0.5, 0.6) is 11.5 Å². The minimum absolute atomic E-state index is 0. The first kappa shape index (κ1) is 23.1. The molecular weight excluding hydrogens is 483 g/mol. The summed E-state index contributed by atoms with van der Waals surface area (Å²) in [4.78, 5) is 16.1. The average molecular weight is 512 g/mol. The molecule has 1 atom stereocenters. The summed E-state index contributed by atoms with van der Waals surface area (Å²) in [6, 6.07) is 13.0. The van der Waals surface area contributed by atoms with Gasteiger partial charge in [0.15, 0.2) is 17.5 Å². The molecule has 1 aliphatic heterocycles. The highest BCUT2D eigenvalue weighted by molar-refractivity contribution is 14.0. The van der Waals surface area contributed by atoms with Gasteiger partial charge in [0.05, 0.1) is 6.54 Å². The van der Waals surface area contributed by atoms with Gasteiger partial charge in [0.25, 0.3) is 5.56 Å². The molecule has 1 aliphatic rings. The van der Waals surface area contributed by atoms with Gasteiger partial charge >= 0.3 is 0 Å². The van der Waals surface area contributed by atoms with Gasteiger partial charge in [0.2, 0.25) is 0 Å². The van der Waals surface area contributed by atoms with E-state index in [0.29, 0.717) is 13.2 Å². The molecule has 0 bridgehead atoms. The molecule has 1 aromatic heterocycles. The van der Waals surface area contributed by atoms with Crippen molar-refractivity contribution in [3.63, 3.8) is 0 Å². The number of benzene rings is 1. The van der Waals surface area contributed by atoms with Crippen molar-refractivity contribution in [3.05, 3.63) is 58.5 Å². The largest absolute Gasteiger partial charge is 0.486 e. The fourth-order valence-electron chi connectivity index (χ4n) is 3.11. The summed E-state index contributed by atoms with van der Waals surface area (Å²) in [6.07, 6.45) is 1.80. The van der Waals surface area contributed by atoms with Crippen molar-refractivity contribution in [3.8, 4) is 11.5 Å². The average Bonchev–Trinajstić information content (AvgIpc) is 2.71. The van der Waals surface area contributed by atoms with Crippen molar-refractivity contribution in [1.82, 2.24) is 15.2 Å². The number of guanidine groups is 1. The van der Waals surface area contributed by atoms with Gasteiger partial charge in [0, 0.05) is 31.9 Å². The lowest BCUT2D eigenvalue weighted by Crippen LogP contribution is -2.45. The third-order valence-corrected chi connectivity index (χ3v) is 4.66. The number of rotatable bonds is 7. The topological polar surface area (TPSA) is 76.9 Å². The van der Waals surface area contributed by atoms with E-state index in [1.54, 1.807) is 19.2 Å². The molecular formula is C21H29IN4O3. The molecule has 29 heavy (non-hydrogen) atoms. The molecule has 0 spiro atoms. The van der Waals surface area contributed by atoms with Crippen LogP contribution >= 0.6 is 24.0 Å². The van der Waals surface area contributed by atoms with Crippen LogP contribution in [0.1, 0.15) is 18.5 Å². The van der Waals surface area contributed by atoms with Gasteiger partial charge in [-0.2, -0.15) is 0 Å². The highest BCUT2D eigenvalue weighted by Gasteiger charge is 2.20. The van der Waals surface area contributed by atoms with E-state index in [1.807, 2.05) is 41.8 Å². The standard InChI is InChI=1S/C21H28N4O3.HI/c1-16-8-7-11-20(26)25(16)13-6-5-12-23-21(22-2)24-14-17-15-27-18-9-3-4-10-19(18)28-17;/h3-4,7-11,17H,5-6,12-15H2,1-2H3,(H2,22,23,24);1H. The Balaban J connectivity index is 0.00000300. The fourth-order valence-corrected chi connectivity index (χ4v) is 3.11. The molecule has 3 rings (SSSR count). The van der Waals surface area contributed by atoms with Crippen molar-refractivity contribution in [2.75, 3.05) is 26.7 Å². The molecule has 2 aromatic rings. The van der Waals surface area contributed by atoms with Gasteiger partial charge in [-0.05, 0) is 38.0 Å². The van der Waals surface area contributed by atoms with E-state index in [0.717, 1.165) is 49.1 Å². The van der Waals surface area contributed by atoms with E-state index < -0.39 is 0 Å². The molecule has 0 aliphatic carbocycles. The maximum atomic E-state index is 11.9. The molecule has 1 aromatic carbocycles. The number of hydrogen-bond acceptors (Lipinski definition) is 4. The van der Waals surface area contributed by atoms with E-state index in [2.05, 4.69) is 15.6 Å². The number of fused-ring (bicyclic) bond motifs is 1. The lowest BCUT2D eigenvalue weighted by Gasteiger charge is -2.27. The Hall–Kier alpha value is -2.23. The molecule has 0 amide bonds. The van der Waals surface area contributed by atoms with Crippen molar-refractivity contribution in [2.45, 2.75) is 32.4 Å². The van der Waals surface area contributed by atoms with E-state index in [9.17, 15) is 4.79 Å². The number of ether oxygens (including phenoxy) is 2. The lowest BCUT2D eigenvalue weighted by atomic mass is 10.2. The fraction of sp³-hybridized carbons (Fsp3) is 0.429. The maximum Gasteiger partial charge on any atom is 0.250 e. The van der Waals surface area contributed by atoms with Crippen molar-refractivity contribution in [1.29, 1.82) is 0 Å². The minimum Gasteiger partial charge on any atom is -0.486 e. The third-order valence-electron chi connectivity index (χ3n) is 4.66. The van der Waals surface area contributed by atoms with Gasteiger partial charge in [0.1, 0.15) is 12.7 Å². The van der Waals surface area contributed by atoms with Gasteiger partial charge in [-0.3, -0.25) is 9.79 Å². The highest BCUT2D eigenvalue weighted by Crippen LogP contribution is 2.30. The number of para-hydroxylation sites is 2. The summed E-state index contributed by atoms with van der Waals surface area (Å²) in [6.45, 7) is 4.58. The minimum atomic E-state index is -0.0682. The number of nitrogens with zero attached hydrogens (tertiary/aromatic N) is 2. The normalized spacial score (nSPS) is 15.4. The number of nitrogens with one attached hydrogen (secondary N) is 2. The molecule has 2 N–H and O–H groups in total. The number of aryl methyl sites for hydroxylation is 1. The van der Waals surface area contributed by atoms with Gasteiger partial charge < -0.3 is 24.7 Å². The quantitative estimate of drug-likeness (QED) is 0.258. The van der Waals surface area contributed by atoms with Crippen LogP contribution < -0.4 is 25.7 Å². The summed E-state index contributed by atoms with van der Waals surface area (Å²) in [7, 11) is 1.75. The third kappa shape index (κ3) is 6.66. The predicted molar refractivity (Wildman–Crippen MR) is 126 cm³/mol. The van der Waals surface area contributed by atoms with Crippen LogP contribution in [0, 0.1) is 6.92 Å². The number of pyridine rings is 1. The Labute approximate surface area is 188 Å². The molecule has 2 heterocycles.